The number of carbonyl (C=O) groups excluding carboxylic acids is 1. The molecule has 0 radical (unpaired) electrons. The first kappa shape index (κ1) is 16.7. The van der Waals surface area contributed by atoms with E-state index in [0.29, 0.717) is 26.0 Å². The molecule has 0 spiro atoms. The van der Waals surface area contributed by atoms with Gasteiger partial charge < -0.3 is 10.5 Å². The molecule has 0 aliphatic rings. The van der Waals surface area contributed by atoms with E-state index in [-0.39, 0.29) is 5.97 Å². The van der Waals surface area contributed by atoms with Gasteiger partial charge in [-0.05, 0) is 32.8 Å². The zero-order chi connectivity index (χ0) is 15.2. The summed E-state index contributed by atoms with van der Waals surface area (Å²) < 4.78 is 7.18. The van der Waals surface area contributed by atoms with E-state index in [4.69, 9.17) is 10.5 Å². The van der Waals surface area contributed by atoms with Crippen LogP contribution in [-0.2, 0) is 28.9 Å². The van der Waals surface area contributed by atoms with Gasteiger partial charge in [0.05, 0.1) is 17.7 Å². The first-order chi connectivity index (χ1) is 9.56. The number of nitrogens with two attached hydrogens (primary N) is 1. The van der Waals surface area contributed by atoms with Crippen molar-refractivity contribution in [1.82, 2.24) is 9.78 Å². The van der Waals surface area contributed by atoms with Crippen LogP contribution >= 0.6 is 0 Å². The summed E-state index contributed by atoms with van der Waals surface area (Å²) in [5.74, 6) is -0.202. The summed E-state index contributed by atoms with van der Waals surface area (Å²) in [5.41, 5.74) is 7.36. The van der Waals surface area contributed by atoms with Gasteiger partial charge in [-0.3, -0.25) is 9.48 Å². The van der Waals surface area contributed by atoms with Crippen molar-refractivity contribution in [2.75, 3.05) is 13.2 Å². The fourth-order valence-corrected chi connectivity index (χ4v) is 2.38. The highest BCUT2D eigenvalue weighted by Gasteiger charge is 2.38. The van der Waals surface area contributed by atoms with Crippen LogP contribution in [0.5, 0.6) is 0 Å². The van der Waals surface area contributed by atoms with Crippen LogP contribution in [-0.4, -0.2) is 28.9 Å². The molecule has 0 saturated carbocycles. The Balaban J connectivity index is 3.06. The van der Waals surface area contributed by atoms with Crippen LogP contribution in [0.4, 0.5) is 0 Å². The van der Waals surface area contributed by atoms with Crippen LogP contribution in [0.1, 0.15) is 45.5 Å². The molecule has 2 N–H and O–H groups in total. The van der Waals surface area contributed by atoms with Crippen LogP contribution in [0.15, 0.2) is 6.07 Å². The standard InChI is InChI=1S/C15H27N3O2/c1-5-12-9-13(18(7-3)17-12)10-15(6-2,11-16)14(19)20-8-4/h9H,5-8,10-11,16H2,1-4H3. The zero-order valence-corrected chi connectivity index (χ0v) is 13.1. The number of hydrogen-bond donors (Lipinski definition) is 1. The molecule has 0 amide bonds. The van der Waals surface area contributed by atoms with Gasteiger partial charge in [-0.1, -0.05) is 13.8 Å². The minimum Gasteiger partial charge on any atom is -0.466 e. The number of ether oxygens (including phenoxy) is 1. The van der Waals surface area contributed by atoms with Crippen LogP contribution in [0.3, 0.4) is 0 Å². The summed E-state index contributed by atoms with van der Waals surface area (Å²) in [4.78, 5) is 12.3. The largest absolute Gasteiger partial charge is 0.466 e. The Labute approximate surface area is 121 Å². The normalized spacial score (nSPS) is 14.1. The highest BCUT2D eigenvalue weighted by Crippen LogP contribution is 2.28. The number of aryl methyl sites for hydroxylation is 2. The predicted octanol–water partition coefficient (Wildman–Crippen LogP) is 1.93. The summed E-state index contributed by atoms with van der Waals surface area (Å²) in [6.07, 6.45) is 2.14. The third-order valence-corrected chi connectivity index (χ3v) is 3.87. The van der Waals surface area contributed by atoms with Gasteiger partial charge in [0, 0.05) is 25.2 Å². The number of hydrogen-bond acceptors (Lipinski definition) is 4. The van der Waals surface area contributed by atoms with E-state index in [1.165, 1.54) is 0 Å². The molecule has 0 aromatic carbocycles. The van der Waals surface area contributed by atoms with Gasteiger partial charge in [-0.2, -0.15) is 5.10 Å². The summed E-state index contributed by atoms with van der Waals surface area (Å²) >= 11 is 0. The van der Waals surface area contributed by atoms with Crippen molar-refractivity contribution in [2.45, 2.75) is 53.5 Å². The van der Waals surface area contributed by atoms with Crippen molar-refractivity contribution in [3.05, 3.63) is 17.5 Å². The Kier molecular flexibility index (Phi) is 6.20. The van der Waals surface area contributed by atoms with Crippen molar-refractivity contribution in [1.29, 1.82) is 0 Å². The molecule has 5 nitrogen and oxygen atoms in total. The Morgan fingerprint density at radius 1 is 1.40 bits per heavy atom. The molecule has 1 aromatic heterocycles. The molecular formula is C15H27N3O2. The molecule has 1 rings (SSSR count). The van der Waals surface area contributed by atoms with Gasteiger partial charge in [0.2, 0.25) is 0 Å². The Hall–Kier alpha value is -1.36. The van der Waals surface area contributed by atoms with Gasteiger partial charge in [-0.25, -0.2) is 0 Å². The molecular weight excluding hydrogens is 254 g/mol. The monoisotopic (exact) mass is 281 g/mol. The smallest absolute Gasteiger partial charge is 0.313 e. The molecule has 1 aromatic rings. The second kappa shape index (κ2) is 7.43. The lowest BCUT2D eigenvalue weighted by Crippen LogP contribution is -2.42. The molecule has 5 heteroatoms. The number of aromatic nitrogens is 2. The fourth-order valence-electron chi connectivity index (χ4n) is 2.38. The summed E-state index contributed by atoms with van der Waals surface area (Å²) in [6, 6.07) is 2.07. The van der Waals surface area contributed by atoms with Crippen LogP contribution in [0.2, 0.25) is 0 Å². The lowest BCUT2D eigenvalue weighted by molar-refractivity contribution is -0.155. The van der Waals surface area contributed by atoms with Crippen LogP contribution in [0, 0.1) is 5.41 Å². The topological polar surface area (TPSA) is 70.1 Å². The minimum atomic E-state index is -0.645. The second-order valence-electron chi connectivity index (χ2n) is 5.03. The molecule has 0 bridgehead atoms. The molecule has 20 heavy (non-hydrogen) atoms. The van der Waals surface area contributed by atoms with Gasteiger partial charge in [0.25, 0.3) is 0 Å². The van der Waals surface area contributed by atoms with Crippen molar-refractivity contribution >= 4 is 5.97 Å². The maximum atomic E-state index is 12.3. The minimum absolute atomic E-state index is 0.202. The number of esters is 1. The van der Waals surface area contributed by atoms with E-state index < -0.39 is 5.41 Å². The van der Waals surface area contributed by atoms with E-state index in [2.05, 4.69) is 25.0 Å². The lowest BCUT2D eigenvalue weighted by atomic mass is 9.80. The first-order valence-corrected chi connectivity index (χ1v) is 7.49. The third-order valence-electron chi connectivity index (χ3n) is 3.87. The molecule has 1 unspecified atom stereocenters. The van der Waals surface area contributed by atoms with Gasteiger partial charge in [-0.15, -0.1) is 0 Å². The molecule has 1 heterocycles. The van der Waals surface area contributed by atoms with E-state index in [9.17, 15) is 4.79 Å². The second-order valence-corrected chi connectivity index (χ2v) is 5.03. The SMILES string of the molecule is CCOC(=O)C(CC)(CN)Cc1cc(CC)nn1CC. The number of carbonyl (C=O) groups is 1. The molecule has 1 atom stereocenters. The first-order valence-electron chi connectivity index (χ1n) is 7.49. The molecule has 0 saturated heterocycles. The zero-order valence-electron chi connectivity index (χ0n) is 13.1. The van der Waals surface area contributed by atoms with Gasteiger partial charge in [0.1, 0.15) is 0 Å². The molecule has 114 valence electrons. The predicted molar refractivity (Wildman–Crippen MR) is 79.4 cm³/mol. The van der Waals surface area contributed by atoms with Gasteiger partial charge in [0.15, 0.2) is 0 Å². The molecule has 0 aliphatic carbocycles. The average molecular weight is 281 g/mol. The lowest BCUT2D eigenvalue weighted by Gasteiger charge is -2.28. The Morgan fingerprint density at radius 3 is 2.55 bits per heavy atom. The van der Waals surface area contributed by atoms with E-state index in [1.807, 2.05) is 18.5 Å². The van der Waals surface area contributed by atoms with E-state index >= 15 is 0 Å². The van der Waals surface area contributed by atoms with Crippen molar-refractivity contribution < 1.29 is 9.53 Å². The van der Waals surface area contributed by atoms with Crippen LogP contribution in [0.25, 0.3) is 0 Å². The van der Waals surface area contributed by atoms with Gasteiger partial charge >= 0.3 is 5.97 Å². The Bertz CT molecular complexity index is 436. The number of nitrogens with zero attached hydrogens (tertiary/aromatic N) is 2. The highest BCUT2D eigenvalue weighted by molar-refractivity contribution is 5.77. The van der Waals surface area contributed by atoms with Crippen molar-refractivity contribution in [3.63, 3.8) is 0 Å². The fraction of sp³-hybridized carbons (Fsp3) is 0.733. The molecule has 0 aliphatic heterocycles. The summed E-state index contributed by atoms with van der Waals surface area (Å²) in [6.45, 7) is 9.40. The maximum absolute atomic E-state index is 12.3. The van der Waals surface area contributed by atoms with E-state index in [0.717, 1.165) is 24.4 Å². The quantitative estimate of drug-likeness (QED) is 0.739. The number of rotatable bonds is 8. The van der Waals surface area contributed by atoms with Crippen molar-refractivity contribution in [3.8, 4) is 0 Å². The van der Waals surface area contributed by atoms with Crippen LogP contribution < -0.4 is 5.73 Å². The van der Waals surface area contributed by atoms with Crippen molar-refractivity contribution in [2.24, 2.45) is 11.1 Å². The van der Waals surface area contributed by atoms with E-state index in [1.54, 1.807) is 0 Å². The molecule has 0 fully saturated rings. The average Bonchev–Trinajstić information content (AvgIpc) is 2.87. The summed E-state index contributed by atoms with van der Waals surface area (Å²) in [5, 5.41) is 4.53. The maximum Gasteiger partial charge on any atom is 0.313 e. The Morgan fingerprint density at radius 2 is 2.10 bits per heavy atom. The summed E-state index contributed by atoms with van der Waals surface area (Å²) in [7, 11) is 0. The third kappa shape index (κ3) is 3.39. The highest BCUT2D eigenvalue weighted by atomic mass is 16.5.